The lowest BCUT2D eigenvalue weighted by atomic mass is 9.74. The van der Waals surface area contributed by atoms with Gasteiger partial charge in [-0.2, -0.15) is 0 Å². The largest absolute Gasteiger partial charge is 0.461 e. The number of esters is 2. The summed E-state index contributed by atoms with van der Waals surface area (Å²) in [5.74, 6) is -7.77. The second kappa shape index (κ2) is 34.4. The molecule has 4 saturated heterocycles. The smallest absolute Gasteiger partial charge is 0.408 e. The molecule has 6 heterocycles. The fourth-order valence-corrected chi connectivity index (χ4v) is 13.6. The molecule has 0 unspecified atom stereocenters. The zero-order chi connectivity index (χ0) is 68.9. The van der Waals surface area contributed by atoms with E-state index in [0.717, 1.165) is 16.6 Å². The van der Waals surface area contributed by atoms with Crippen LogP contribution < -0.4 is 10.6 Å². The van der Waals surface area contributed by atoms with E-state index in [1.807, 2.05) is 97.0 Å². The number of nitrogens with one attached hydrogen (secondary N) is 2. The van der Waals surface area contributed by atoms with Crippen molar-refractivity contribution in [3.8, 4) is 0 Å². The molecule has 0 saturated carbocycles. The van der Waals surface area contributed by atoms with Gasteiger partial charge >= 0.3 is 18.0 Å². The van der Waals surface area contributed by atoms with Crippen LogP contribution in [-0.4, -0.2) is 199 Å². The third-order valence-corrected chi connectivity index (χ3v) is 18.6. The number of oxime groups is 1. The zero-order valence-corrected chi connectivity index (χ0v) is 57.9. The molecule has 25 heteroatoms. The monoisotopic (exact) mass is 1320 g/mol. The van der Waals surface area contributed by atoms with Crippen molar-refractivity contribution in [3.05, 3.63) is 65.9 Å². The molecule has 1 aromatic carbocycles. The van der Waals surface area contributed by atoms with E-state index in [-0.39, 0.29) is 68.8 Å². The average molecular weight is 1320 g/mol. The summed E-state index contributed by atoms with van der Waals surface area (Å²) in [6.07, 6.45) is -14.6. The number of aliphatic hydroxyl groups excluding tert-OH is 2. The summed E-state index contributed by atoms with van der Waals surface area (Å²) in [5, 5.41) is 33.7. The van der Waals surface area contributed by atoms with Crippen LogP contribution >= 0.6 is 0 Å². The average Bonchev–Trinajstić information content (AvgIpc) is 0.821. The van der Waals surface area contributed by atoms with Crippen LogP contribution in [0.25, 0.3) is 11.0 Å². The van der Waals surface area contributed by atoms with Gasteiger partial charge in [0.2, 0.25) is 5.91 Å². The number of pyridine rings is 2. The van der Waals surface area contributed by atoms with Crippen LogP contribution in [0.1, 0.15) is 133 Å². The number of carbonyl (C=O) groups is 5. The van der Waals surface area contributed by atoms with Gasteiger partial charge in [-0.25, -0.2) is 14.8 Å². The summed E-state index contributed by atoms with van der Waals surface area (Å²) in [7, 11) is 4.26. The van der Waals surface area contributed by atoms with E-state index in [4.69, 9.17) is 56.9 Å². The highest BCUT2D eigenvalue weighted by atomic mass is 16.7. The molecule has 3 aromatic rings. The second-order valence-electron chi connectivity index (χ2n) is 27.0. The summed E-state index contributed by atoms with van der Waals surface area (Å²) in [6.45, 7) is 25.6. The molecule has 94 heavy (non-hydrogen) atoms. The number of aromatic nitrogens is 2. The van der Waals surface area contributed by atoms with Crippen molar-refractivity contribution in [2.75, 3.05) is 46.3 Å². The maximum atomic E-state index is 16.0. The number of hydrogen-bond acceptors (Lipinski definition) is 23. The van der Waals surface area contributed by atoms with E-state index < -0.39 is 151 Å². The van der Waals surface area contributed by atoms with E-state index in [1.165, 1.54) is 28.3 Å². The van der Waals surface area contributed by atoms with E-state index in [1.54, 1.807) is 47.6 Å². The quantitative estimate of drug-likeness (QED) is 0.0448. The van der Waals surface area contributed by atoms with Crippen molar-refractivity contribution in [2.24, 2.45) is 46.6 Å². The number of hydrogen-bond donors (Lipinski definition) is 4. The van der Waals surface area contributed by atoms with Crippen LogP contribution in [0.15, 0.2) is 59.8 Å². The van der Waals surface area contributed by atoms with Gasteiger partial charge < -0.3 is 77.8 Å². The molecule has 0 spiro atoms. The zero-order valence-electron chi connectivity index (χ0n) is 57.9. The number of aryl methyl sites for hydroxylation is 1. The Labute approximate surface area is 553 Å². The Morgan fingerprint density at radius 2 is 1.50 bits per heavy atom. The van der Waals surface area contributed by atoms with Crippen LogP contribution in [-0.2, 0) is 82.7 Å². The van der Waals surface area contributed by atoms with Gasteiger partial charge in [0.1, 0.15) is 49.6 Å². The highest BCUT2D eigenvalue weighted by Crippen LogP contribution is 2.41. The number of carbonyl (C=O) groups excluding carboxylic acids is 5. The lowest BCUT2D eigenvalue weighted by Gasteiger charge is -2.45. The van der Waals surface area contributed by atoms with Crippen molar-refractivity contribution in [2.45, 2.75) is 233 Å². The summed E-state index contributed by atoms with van der Waals surface area (Å²) in [6, 6.07) is 16.4. The Hall–Kier alpha value is -5.84. The van der Waals surface area contributed by atoms with Gasteiger partial charge in [0.25, 0.3) is 0 Å². The first-order chi connectivity index (χ1) is 44.5. The van der Waals surface area contributed by atoms with E-state index in [9.17, 15) is 24.6 Å². The Bertz CT molecular complexity index is 3000. The van der Waals surface area contributed by atoms with Crippen molar-refractivity contribution in [1.82, 2.24) is 20.2 Å². The van der Waals surface area contributed by atoms with Gasteiger partial charge in [0.05, 0.1) is 54.7 Å². The predicted octanol–water partition coefficient (Wildman–Crippen LogP) is 7.86. The minimum Gasteiger partial charge on any atom is -0.461 e. The molecule has 22 atom stereocenters. The predicted molar refractivity (Wildman–Crippen MR) is 347 cm³/mol. The molecule has 0 aliphatic carbocycles. The number of alkyl carbamates (subject to hydrolysis) is 1. The maximum Gasteiger partial charge on any atom is 0.408 e. The molecule has 4 aliphatic heterocycles. The molecule has 2 aromatic heterocycles. The summed E-state index contributed by atoms with van der Waals surface area (Å²) in [5.41, 5.74) is 0.345. The van der Waals surface area contributed by atoms with Crippen LogP contribution in [0.5, 0.6) is 0 Å². The molecule has 4 fully saturated rings. The van der Waals surface area contributed by atoms with Crippen LogP contribution in [0.4, 0.5) is 10.6 Å². The van der Waals surface area contributed by atoms with Gasteiger partial charge in [0, 0.05) is 94.4 Å². The van der Waals surface area contributed by atoms with Crippen molar-refractivity contribution < 1.29 is 91.1 Å². The second-order valence-corrected chi connectivity index (χ2v) is 27.0. The minimum absolute atomic E-state index is 0.0191. The number of cyclic esters (lactones) is 1. The number of anilines is 1. The Morgan fingerprint density at radius 3 is 2.18 bits per heavy atom. The summed E-state index contributed by atoms with van der Waals surface area (Å²) in [4.78, 5) is 90.2. The molecule has 524 valence electrons. The van der Waals surface area contributed by atoms with E-state index in [0.29, 0.717) is 24.6 Å². The van der Waals surface area contributed by atoms with Crippen molar-refractivity contribution in [3.63, 3.8) is 0 Å². The fourth-order valence-electron chi connectivity index (χ4n) is 13.6. The van der Waals surface area contributed by atoms with Gasteiger partial charge in [-0.1, -0.05) is 84.0 Å². The Kier molecular flexibility index (Phi) is 27.6. The number of nitrogens with zero attached hydrogens (tertiary/aromatic N) is 4. The first-order valence-electron chi connectivity index (χ1n) is 33.2. The first-order valence-corrected chi connectivity index (χ1v) is 33.2. The maximum absolute atomic E-state index is 16.0. The molecule has 0 bridgehead atoms. The third kappa shape index (κ3) is 19.7. The SMILES string of the molecule is CON=C1C[C@@H](C)O[C@@H](O[C@@H]2[C@@H](C)[C@H](O[C@H]3C[C@H](C)N(CCC(=O)Nc4ccc5ccc(C)nc5n4)C[C@H](C)O3)[C@@H](C)C(=O)O[C@H]([C@@H](C)CO[C@@H]3O[C@H](C)[C@@H](O)[C@@H](OC)[C@H]3OC)[C@H](C)[C@@H](OC(=O)CC(C)C)[C@@H](C)C(=O)[C@@](C)(OC(=O)NCc3ccccc3)C[C@@H]2C)[C@@H]1O. The van der Waals surface area contributed by atoms with Gasteiger partial charge in [0.15, 0.2) is 35.9 Å². The van der Waals surface area contributed by atoms with Gasteiger partial charge in [-0.05, 0) is 96.6 Å². The molecular weight excluding hydrogens is 1220 g/mol. The number of fused-ring (bicyclic) bond motifs is 1. The van der Waals surface area contributed by atoms with Gasteiger partial charge in [-0.3, -0.25) is 24.1 Å². The number of ether oxygens (including phenoxy) is 11. The highest BCUT2D eigenvalue weighted by molar-refractivity contribution is 5.92. The molecule has 25 nitrogen and oxygen atoms in total. The molecule has 0 radical (unpaired) electrons. The van der Waals surface area contributed by atoms with Gasteiger partial charge in [-0.15, -0.1) is 0 Å². The molecule has 4 aliphatic rings. The number of ketones is 1. The lowest BCUT2D eigenvalue weighted by Crippen LogP contribution is -2.59. The van der Waals surface area contributed by atoms with Crippen molar-refractivity contribution >= 4 is 52.3 Å². The summed E-state index contributed by atoms with van der Waals surface area (Å²) >= 11 is 0. The Balaban J connectivity index is 1.30. The van der Waals surface area contributed by atoms with Crippen molar-refractivity contribution in [1.29, 1.82) is 0 Å². The van der Waals surface area contributed by atoms with Crippen LogP contribution in [0, 0.1) is 48.3 Å². The molecule has 4 N–H and O–H groups in total. The standard InChI is InChI=1S/C69H104N6O19/c1-36(2)29-53(77)90-59-44(10)58(38(4)35-86-67-62(84-16)61(83-15)55(78)47(13)89-67)92-65(81)46(12)60(91-54-30-40(6)75(34-42(8)87-54)28-27-52(76)72-51-26-25-49-24-23-39(5)71-64(49)73-51)43(9)57(93-66-56(79)50(74-85-17)31-41(7)88-66)37(3)32-69(14,63(80)45(59)11)94-68(82)70-33-48-21-19-18-20-22-48/h18-26,36-38,40-47,54-62,66-67,78-79H,27-35H2,1-17H3,(H,70,82)(H,71,72,73,76)/t37-,38-,40-,41+,42-,43+,44-,45+,46+,47+,54-,55+,56+,57-,58+,59+,60-,61+,62+,66-,67+,69-/m0/s1. The Morgan fingerprint density at radius 1 is 0.798 bits per heavy atom. The topological polar surface area (TPSA) is 302 Å². The lowest BCUT2D eigenvalue weighted by molar-refractivity contribution is -0.305. The molecule has 7 rings (SSSR count). The minimum atomic E-state index is -2.01. The number of Topliss-reactive ketones (excluding diaryl/α,β-unsaturated/α-hetero) is 1. The molecule has 2 amide bonds. The number of benzene rings is 1. The number of rotatable bonds is 21. The third-order valence-electron chi connectivity index (χ3n) is 18.6. The van der Waals surface area contributed by atoms with Crippen LogP contribution in [0.3, 0.4) is 0 Å². The molecular formula is C69H104N6O19. The highest BCUT2D eigenvalue weighted by Gasteiger charge is 2.53. The number of amides is 2. The number of methoxy groups -OCH3 is 2. The first kappa shape index (κ1) is 75.5. The van der Waals surface area contributed by atoms with E-state index in [2.05, 4.69) is 30.7 Å². The van der Waals surface area contributed by atoms with Crippen LogP contribution in [0.2, 0.25) is 0 Å². The van der Waals surface area contributed by atoms with E-state index >= 15 is 9.59 Å². The summed E-state index contributed by atoms with van der Waals surface area (Å²) < 4.78 is 71.2. The normalized spacial score (nSPS) is 35.0. The fraction of sp³-hybridized carbons (Fsp3) is 0.710. The number of aliphatic hydroxyl groups is 2.